The smallest absolute Gasteiger partial charge is 0.338 e. The summed E-state index contributed by atoms with van der Waals surface area (Å²) in [6.07, 6.45) is -5.70. The number of hydrogen-bond acceptors (Lipinski definition) is 6. The Kier molecular flexibility index (Phi) is 2.63. The number of esters is 1. The van der Waals surface area contributed by atoms with Crippen molar-refractivity contribution in [3.8, 4) is 0 Å². The highest BCUT2D eigenvalue weighted by Gasteiger charge is 2.45. The molecule has 1 saturated heterocycles. The van der Waals surface area contributed by atoms with Gasteiger partial charge in [0.1, 0.15) is 12.2 Å². The molecule has 0 unspecified atom stereocenters. The average molecular weight is 178 g/mol. The van der Waals surface area contributed by atoms with E-state index in [4.69, 9.17) is 20.4 Å². The summed E-state index contributed by atoms with van der Waals surface area (Å²) in [5.41, 5.74) is 0. The lowest BCUT2D eigenvalue weighted by molar-refractivity contribution is -0.151. The molecule has 6 nitrogen and oxygen atoms in total. The number of rotatable bonds is 2. The van der Waals surface area contributed by atoms with Gasteiger partial charge in [-0.1, -0.05) is 0 Å². The Morgan fingerprint density at radius 2 is 2.08 bits per heavy atom. The van der Waals surface area contributed by atoms with Crippen LogP contribution in [0, 0.1) is 0 Å². The van der Waals surface area contributed by atoms with E-state index >= 15 is 0 Å². The van der Waals surface area contributed by atoms with Gasteiger partial charge in [0.25, 0.3) is 0 Å². The number of ether oxygens (including phenoxy) is 1. The summed E-state index contributed by atoms with van der Waals surface area (Å²) in [4.78, 5) is 10.6. The van der Waals surface area contributed by atoms with Crippen LogP contribution in [0.3, 0.4) is 0 Å². The molecule has 0 saturated carbocycles. The van der Waals surface area contributed by atoms with E-state index in [1.165, 1.54) is 0 Å². The first-order valence-corrected chi connectivity index (χ1v) is 3.43. The zero-order valence-electron chi connectivity index (χ0n) is 6.12. The number of carbonyl (C=O) groups excluding carboxylic acids is 1. The van der Waals surface area contributed by atoms with Crippen LogP contribution in [0.25, 0.3) is 0 Å². The molecular formula is C6H10O6. The predicted molar refractivity (Wildman–Crippen MR) is 35.0 cm³/mol. The topological polar surface area (TPSA) is 107 Å². The lowest BCUT2D eigenvalue weighted by Gasteiger charge is -2.17. The van der Waals surface area contributed by atoms with E-state index in [9.17, 15) is 4.79 Å². The van der Waals surface area contributed by atoms with Gasteiger partial charge in [-0.3, -0.25) is 0 Å². The highest BCUT2D eigenvalue weighted by molar-refractivity contribution is 5.77. The maximum atomic E-state index is 10.6. The molecule has 0 radical (unpaired) electrons. The average Bonchev–Trinajstić information content (AvgIpc) is 2.32. The Bertz CT molecular complexity index is 181. The van der Waals surface area contributed by atoms with Gasteiger partial charge in [0.05, 0.1) is 6.61 Å². The molecule has 1 aliphatic heterocycles. The quantitative estimate of drug-likeness (QED) is 0.335. The van der Waals surface area contributed by atoms with Gasteiger partial charge in [-0.25, -0.2) is 4.79 Å². The van der Waals surface area contributed by atoms with E-state index in [0.29, 0.717) is 0 Å². The Labute approximate surface area is 68.0 Å². The van der Waals surface area contributed by atoms with Gasteiger partial charge in [-0.15, -0.1) is 0 Å². The van der Waals surface area contributed by atoms with E-state index in [2.05, 4.69) is 4.74 Å². The van der Waals surface area contributed by atoms with Crippen molar-refractivity contribution >= 4 is 5.97 Å². The van der Waals surface area contributed by atoms with E-state index in [-0.39, 0.29) is 0 Å². The molecule has 12 heavy (non-hydrogen) atoms. The second-order valence-corrected chi connectivity index (χ2v) is 2.59. The molecule has 4 atom stereocenters. The summed E-state index contributed by atoms with van der Waals surface area (Å²) >= 11 is 0. The summed E-state index contributed by atoms with van der Waals surface area (Å²) in [6.45, 7) is -0.637. The summed E-state index contributed by atoms with van der Waals surface area (Å²) in [7, 11) is 0. The molecule has 0 spiro atoms. The third kappa shape index (κ3) is 1.42. The zero-order valence-corrected chi connectivity index (χ0v) is 6.12. The van der Waals surface area contributed by atoms with Gasteiger partial charge in [-0.05, 0) is 0 Å². The van der Waals surface area contributed by atoms with Crippen molar-refractivity contribution in [3.63, 3.8) is 0 Å². The summed E-state index contributed by atoms with van der Waals surface area (Å²) in [6, 6.07) is 0. The van der Waals surface area contributed by atoms with Crippen LogP contribution in [0.1, 0.15) is 0 Å². The van der Waals surface area contributed by atoms with Gasteiger partial charge >= 0.3 is 5.97 Å². The molecule has 0 aromatic heterocycles. The van der Waals surface area contributed by atoms with Crippen molar-refractivity contribution in [2.24, 2.45) is 0 Å². The van der Waals surface area contributed by atoms with E-state index in [1.54, 1.807) is 0 Å². The van der Waals surface area contributed by atoms with Crippen LogP contribution in [0.2, 0.25) is 0 Å². The van der Waals surface area contributed by atoms with Crippen LogP contribution in [0.5, 0.6) is 0 Å². The van der Waals surface area contributed by atoms with E-state index in [1.807, 2.05) is 0 Å². The van der Waals surface area contributed by atoms with Gasteiger partial charge in [0.2, 0.25) is 0 Å². The molecule has 6 heteroatoms. The number of hydrogen-bond donors (Lipinski definition) is 4. The Balaban J connectivity index is 2.64. The molecule has 0 aliphatic carbocycles. The first-order chi connectivity index (χ1) is 5.57. The molecule has 1 rings (SSSR count). The minimum Gasteiger partial charge on any atom is -0.455 e. The largest absolute Gasteiger partial charge is 0.455 e. The Morgan fingerprint density at radius 3 is 2.42 bits per heavy atom. The van der Waals surface area contributed by atoms with Crippen molar-refractivity contribution in [1.82, 2.24) is 0 Å². The molecule has 1 fully saturated rings. The number of cyclic esters (lactones) is 1. The van der Waals surface area contributed by atoms with Crippen LogP contribution in [0.4, 0.5) is 0 Å². The molecule has 0 bridgehead atoms. The summed E-state index contributed by atoms with van der Waals surface area (Å²) in [5.74, 6) is -0.986. The van der Waals surface area contributed by atoms with Gasteiger partial charge in [-0.2, -0.15) is 0 Å². The second-order valence-electron chi connectivity index (χ2n) is 2.59. The van der Waals surface area contributed by atoms with Crippen molar-refractivity contribution in [2.45, 2.75) is 24.4 Å². The van der Waals surface area contributed by atoms with Crippen molar-refractivity contribution in [1.29, 1.82) is 0 Å². The molecular weight excluding hydrogens is 168 g/mol. The molecule has 0 aromatic rings. The maximum Gasteiger partial charge on any atom is 0.338 e. The van der Waals surface area contributed by atoms with Crippen molar-refractivity contribution < 1.29 is 30.0 Å². The SMILES string of the molecule is O=C1O[C@H]([C@@H](O)CO)[C@@H](O)[C@@H]1O. The molecule has 70 valence electrons. The standard InChI is InChI=1S/C6H10O6/c7-1-2(8)5-3(9)4(10)6(11)12-5/h2-5,7-10H,1H2/t2-,3-,4-,5+/m0/s1. The highest BCUT2D eigenvalue weighted by Crippen LogP contribution is 2.18. The van der Waals surface area contributed by atoms with Crippen LogP contribution in [-0.2, 0) is 9.53 Å². The first kappa shape index (κ1) is 9.40. The molecule has 1 aliphatic rings. The first-order valence-electron chi connectivity index (χ1n) is 3.43. The fraction of sp³-hybridized carbons (Fsp3) is 0.833. The van der Waals surface area contributed by atoms with Crippen molar-refractivity contribution in [3.05, 3.63) is 0 Å². The number of aliphatic hydroxyl groups is 4. The lowest BCUT2D eigenvalue weighted by atomic mass is 10.1. The molecule has 1 heterocycles. The predicted octanol–water partition coefficient (Wildman–Crippen LogP) is -3.01. The van der Waals surface area contributed by atoms with Crippen LogP contribution >= 0.6 is 0 Å². The summed E-state index contributed by atoms with van der Waals surface area (Å²) < 4.78 is 4.39. The van der Waals surface area contributed by atoms with Crippen LogP contribution in [-0.4, -0.2) is 57.4 Å². The van der Waals surface area contributed by atoms with Gasteiger partial charge in [0, 0.05) is 0 Å². The molecule has 4 N–H and O–H groups in total. The van der Waals surface area contributed by atoms with Crippen LogP contribution in [0.15, 0.2) is 0 Å². The van der Waals surface area contributed by atoms with Gasteiger partial charge < -0.3 is 25.2 Å². The van der Waals surface area contributed by atoms with Gasteiger partial charge in [0.15, 0.2) is 12.2 Å². The lowest BCUT2D eigenvalue weighted by Crippen LogP contribution is -2.40. The zero-order chi connectivity index (χ0) is 9.30. The van der Waals surface area contributed by atoms with E-state index in [0.717, 1.165) is 0 Å². The Hall–Kier alpha value is -0.690. The normalized spacial score (nSPS) is 38.0. The van der Waals surface area contributed by atoms with Crippen molar-refractivity contribution in [2.75, 3.05) is 6.61 Å². The third-order valence-electron chi connectivity index (χ3n) is 1.72. The fourth-order valence-electron chi connectivity index (χ4n) is 1.00. The number of aliphatic hydroxyl groups excluding tert-OH is 4. The summed E-state index contributed by atoms with van der Waals surface area (Å²) in [5, 5.41) is 35.3. The minimum absolute atomic E-state index is 0.637. The van der Waals surface area contributed by atoms with Crippen LogP contribution < -0.4 is 0 Å². The number of carbonyl (C=O) groups is 1. The third-order valence-corrected chi connectivity index (χ3v) is 1.72. The Morgan fingerprint density at radius 1 is 1.50 bits per heavy atom. The monoisotopic (exact) mass is 178 g/mol. The molecule has 0 aromatic carbocycles. The second kappa shape index (κ2) is 3.36. The van der Waals surface area contributed by atoms with E-state index < -0.39 is 37.0 Å². The molecule has 0 amide bonds. The maximum absolute atomic E-state index is 10.6. The minimum atomic E-state index is -1.63. The fourth-order valence-corrected chi connectivity index (χ4v) is 1.00. The highest BCUT2D eigenvalue weighted by atomic mass is 16.6.